The summed E-state index contributed by atoms with van der Waals surface area (Å²) >= 11 is 0. The highest BCUT2D eigenvalue weighted by atomic mass is 16.5. The summed E-state index contributed by atoms with van der Waals surface area (Å²) < 4.78 is 5.46. The van der Waals surface area contributed by atoms with Crippen LogP contribution in [0.4, 0.5) is 0 Å². The molecule has 1 fully saturated rings. The Morgan fingerprint density at radius 1 is 1.27 bits per heavy atom. The van der Waals surface area contributed by atoms with Crippen LogP contribution < -0.4 is 0 Å². The van der Waals surface area contributed by atoms with E-state index in [0.717, 1.165) is 6.42 Å². The van der Waals surface area contributed by atoms with Crippen LogP contribution in [0.5, 0.6) is 0 Å². The van der Waals surface area contributed by atoms with Gasteiger partial charge in [-0.15, -0.1) is 0 Å². The summed E-state index contributed by atoms with van der Waals surface area (Å²) in [6, 6.07) is 0. The van der Waals surface area contributed by atoms with Gasteiger partial charge in [-0.1, -0.05) is 34.1 Å². The molecule has 2 heteroatoms. The molecule has 0 aromatic rings. The van der Waals surface area contributed by atoms with Gasteiger partial charge in [0.05, 0.1) is 0 Å². The SMILES string of the molecule is CC(=O)O[C@H]1C[C@H](C)CC[C@H]1C(C)(C)C. The number of hydrogen-bond donors (Lipinski definition) is 0. The lowest BCUT2D eigenvalue weighted by Gasteiger charge is -2.41. The average Bonchev–Trinajstić information content (AvgIpc) is 1.99. The molecule has 88 valence electrons. The summed E-state index contributed by atoms with van der Waals surface area (Å²) in [5, 5.41) is 0. The molecule has 1 aliphatic rings. The molecule has 0 amide bonds. The van der Waals surface area contributed by atoms with Crippen LogP contribution in [-0.4, -0.2) is 12.1 Å². The van der Waals surface area contributed by atoms with E-state index in [1.807, 2.05) is 0 Å². The summed E-state index contributed by atoms with van der Waals surface area (Å²) in [5.74, 6) is 1.06. The Hall–Kier alpha value is -0.530. The monoisotopic (exact) mass is 212 g/mol. The summed E-state index contributed by atoms with van der Waals surface area (Å²) in [7, 11) is 0. The van der Waals surface area contributed by atoms with Gasteiger partial charge in [0.2, 0.25) is 0 Å². The van der Waals surface area contributed by atoms with E-state index in [1.165, 1.54) is 19.8 Å². The Morgan fingerprint density at radius 3 is 2.33 bits per heavy atom. The summed E-state index contributed by atoms with van der Waals surface area (Å²) in [5.41, 5.74) is 0.236. The molecule has 0 spiro atoms. The van der Waals surface area contributed by atoms with Gasteiger partial charge in [-0.25, -0.2) is 0 Å². The van der Waals surface area contributed by atoms with Crippen molar-refractivity contribution in [2.45, 2.75) is 60.0 Å². The first-order valence-corrected chi connectivity index (χ1v) is 5.98. The number of hydrogen-bond acceptors (Lipinski definition) is 2. The molecule has 2 nitrogen and oxygen atoms in total. The molecule has 0 unspecified atom stereocenters. The van der Waals surface area contributed by atoms with Gasteiger partial charge in [0.25, 0.3) is 0 Å². The predicted molar refractivity (Wildman–Crippen MR) is 61.5 cm³/mol. The molecule has 1 saturated carbocycles. The Labute approximate surface area is 93.4 Å². The van der Waals surface area contributed by atoms with Gasteiger partial charge in [-0.05, 0) is 24.2 Å². The second-order valence-electron chi connectivity index (χ2n) is 6.04. The fourth-order valence-electron chi connectivity index (χ4n) is 2.66. The van der Waals surface area contributed by atoms with E-state index in [0.29, 0.717) is 11.8 Å². The van der Waals surface area contributed by atoms with Gasteiger partial charge in [-0.3, -0.25) is 4.79 Å². The quantitative estimate of drug-likeness (QED) is 0.623. The maximum atomic E-state index is 11.1. The van der Waals surface area contributed by atoms with E-state index in [4.69, 9.17) is 4.74 Å². The van der Waals surface area contributed by atoms with Crippen LogP contribution in [0.2, 0.25) is 0 Å². The highest BCUT2D eigenvalue weighted by molar-refractivity contribution is 5.66. The van der Waals surface area contributed by atoms with Crippen LogP contribution in [0.3, 0.4) is 0 Å². The van der Waals surface area contributed by atoms with Gasteiger partial charge < -0.3 is 4.74 Å². The van der Waals surface area contributed by atoms with Crippen molar-refractivity contribution < 1.29 is 9.53 Å². The topological polar surface area (TPSA) is 26.3 Å². The van der Waals surface area contributed by atoms with Gasteiger partial charge in [-0.2, -0.15) is 0 Å². The predicted octanol–water partition coefficient (Wildman–Crippen LogP) is 3.40. The van der Waals surface area contributed by atoms with Crippen molar-refractivity contribution in [3.63, 3.8) is 0 Å². The zero-order chi connectivity index (χ0) is 11.6. The number of carbonyl (C=O) groups excluding carboxylic acids is 1. The number of ether oxygens (including phenoxy) is 1. The molecule has 15 heavy (non-hydrogen) atoms. The lowest BCUT2D eigenvalue weighted by Crippen LogP contribution is -2.39. The van der Waals surface area contributed by atoms with Crippen molar-refractivity contribution in [2.24, 2.45) is 17.3 Å². The first-order chi connectivity index (χ1) is 6.80. The zero-order valence-electron chi connectivity index (χ0n) is 10.7. The second kappa shape index (κ2) is 4.54. The number of rotatable bonds is 1. The van der Waals surface area contributed by atoms with Crippen molar-refractivity contribution in [1.82, 2.24) is 0 Å². The molecule has 0 saturated heterocycles. The molecule has 0 radical (unpaired) electrons. The highest BCUT2D eigenvalue weighted by Gasteiger charge is 2.37. The second-order valence-corrected chi connectivity index (χ2v) is 6.04. The molecular weight excluding hydrogens is 188 g/mol. The van der Waals surface area contributed by atoms with Crippen molar-refractivity contribution >= 4 is 5.97 Å². The van der Waals surface area contributed by atoms with Crippen molar-refractivity contribution in [3.8, 4) is 0 Å². The molecule has 0 bridgehead atoms. The van der Waals surface area contributed by atoms with Crippen LogP contribution in [0.15, 0.2) is 0 Å². The molecule has 3 atom stereocenters. The van der Waals surface area contributed by atoms with Crippen LogP contribution >= 0.6 is 0 Å². The smallest absolute Gasteiger partial charge is 0.302 e. The van der Waals surface area contributed by atoms with Gasteiger partial charge >= 0.3 is 5.97 Å². The fourth-order valence-corrected chi connectivity index (χ4v) is 2.66. The fraction of sp³-hybridized carbons (Fsp3) is 0.923. The van der Waals surface area contributed by atoms with Crippen LogP contribution in [0, 0.1) is 17.3 Å². The van der Waals surface area contributed by atoms with Crippen LogP contribution in [0.1, 0.15) is 53.9 Å². The first kappa shape index (κ1) is 12.5. The Kier molecular flexibility index (Phi) is 3.80. The molecule has 0 aromatic carbocycles. The average molecular weight is 212 g/mol. The largest absolute Gasteiger partial charge is 0.462 e. The van der Waals surface area contributed by atoms with Crippen molar-refractivity contribution in [2.75, 3.05) is 0 Å². The van der Waals surface area contributed by atoms with E-state index >= 15 is 0 Å². The Bertz CT molecular complexity index is 227. The van der Waals surface area contributed by atoms with E-state index in [9.17, 15) is 4.79 Å². The van der Waals surface area contributed by atoms with E-state index < -0.39 is 0 Å². The highest BCUT2D eigenvalue weighted by Crippen LogP contribution is 2.41. The lowest BCUT2D eigenvalue weighted by atomic mass is 9.68. The standard InChI is InChI=1S/C13H24O2/c1-9-6-7-11(13(3,4)5)12(8-9)15-10(2)14/h9,11-12H,6-8H2,1-5H3/t9-,11-,12+/m1/s1. The maximum absolute atomic E-state index is 11.1. The number of carbonyl (C=O) groups is 1. The lowest BCUT2D eigenvalue weighted by molar-refractivity contribution is -0.155. The molecule has 1 rings (SSSR count). The Balaban J connectivity index is 2.70. The first-order valence-electron chi connectivity index (χ1n) is 5.98. The maximum Gasteiger partial charge on any atom is 0.302 e. The molecule has 1 aliphatic carbocycles. The van der Waals surface area contributed by atoms with Gasteiger partial charge in [0.1, 0.15) is 6.10 Å². The summed E-state index contributed by atoms with van der Waals surface area (Å²) in [6.45, 7) is 10.5. The zero-order valence-corrected chi connectivity index (χ0v) is 10.7. The van der Waals surface area contributed by atoms with E-state index in [-0.39, 0.29) is 17.5 Å². The third-order valence-corrected chi connectivity index (χ3v) is 3.48. The number of esters is 1. The van der Waals surface area contributed by atoms with Crippen molar-refractivity contribution in [3.05, 3.63) is 0 Å². The molecule has 0 aliphatic heterocycles. The molecular formula is C13H24O2. The van der Waals surface area contributed by atoms with E-state index in [2.05, 4.69) is 27.7 Å². The van der Waals surface area contributed by atoms with Crippen LogP contribution in [0.25, 0.3) is 0 Å². The normalized spacial score (nSPS) is 32.5. The molecule has 0 aromatic heterocycles. The minimum atomic E-state index is -0.136. The summed E-state index contributed by atoms with van der Waals surface area (Å²) in [4.78, 5) is 11.1. The summed E-state index contributed by atoms with van der Waals surface area (Å²) in [6.07, 6.45) is 3.61. The van der Waals surface area contributed by atoms with Crippen molar-refractivity contribution in [1.29, 1.82) is 0 Å². The third-order valence-electron chi connectivity index (χ3n) is 3.48. The van der Waals surface area contributed by atoms with Gasteiger partial charge in [0.15, 0.2) is 0 Å². The minimum Gasteiger partial charge on any atom is -0.462 e. The van der Waals surface area contributed by atoms with Gasteiger partial charge in [0, 0.05) is 12.8 Å². The third kappa shape index (κ3) is 3.51. The molecule has 0 N–H and O–H groups in total. The minimum absolute atomic E-state index is 0.131. The van der Waals surface area contributed by atoms with E-state index in [1.54, 1.807) is 0 Å². The Morgan fingerprint density at radius 2 is 1.87 bits per heavy atom. The molecule has 0 heterocycles. The van der Waals surface area contributed by atoms with Crippen LogP contribution in [-0.2, 0) is 9.53 Å².